The number of rotatable bonds is 8. The summed E-state index contributed by atoms with van der Waals surface area (Å²) >= 11 is 0. The van der Waals surface area contributed by atoms with Crippen molar-refractivity contribution in [2.24, 2.45) is 0 Å². The predicted octanol–water partition coefficient (Wildman–Crippen LogP) is 4.67. The van der Waals surface area contributed by atoms with Crippen molar-refractivity contribution < 1.29 is 66.2 Å². The summed E-state index contributed by atoms with van der Waals surface area (Å²) in [6.07, 6.45) is -14.4. The van der Waals surface area contributed by atoms with Crippen LogP contribution in [0, 0.1) is 0 Å². The van der Waals surface area contributed by atoms with Crippen LogP contribution in [0.4, 0.5) is 61.5 Å². The average molecular weight is 382 g/mol. The highest BCUT2D eigenvalue weighted by molar-refractivity contribution is 4.96. The molecule has 0 aromatic rings. The van der Waals surface area contributed by atoms with Gasteiger partial charge in [0, 0.05) is 0 Å². The molecule has 15 heteroatoms. The summed E-state index contributed by atoms with van der Waals surface area (Å²) in [7, 11) is 0. The molecule has 0 saturated heterocycles. The fraction of sp³-hybridized carbons (Fsp3) is 1.00. The Balaban J connectivity index is 5.78. The summed E-state index contributed by atoms with van der Waals surface area (Å²) in [5, 5.41) is 0. The largest absolute Gasteiger partial charge is 0.430 e. The lowest BCUT2D eigenvalue weighted by Crippen LogP contribution is -2.63. The fourth-order valence-corrected chi connectivity index (χ4v) is 0.883. The number of hydrogen-bond donors (Lipinski definition) is 0. The van der Waals surface area contributed by atoms with E-state index in [0.29, 0.717) is 0 Å². The molecule has 0 atom stereocenters. The SMILES string of the molecule is FCC(F)(F)C(F)(F)C(F)(F)OC(F)(F)C(F)(F)C(F)(F)CF. The molecule has 1 nitrogen and oxygen atoms in total. The number of halogens is 14. The minimum atomic E-state index is -7.22. The van der Waals surface area contributed by atoms with E-state index in [2.05, 4.69) is 0 Å². The molecule has 0 spiro atoms. The van der Waals surface area contributed by atoms with Gasteiger partial charge in [0.25, 0.3) is 0 Å². The van der Waals surface area contributed by atoms with E-state index in [1.165, 1.54) is 4.74 Å². The first-order valence-electron chi connectivity index (χ1n) is 4.92. The summed E-state index contributed by atoms with van der Waals surface area (Å²) in [6, 6.07) is 0. The van der Waals surface area contributed by atoms with Gasteiger partial charge in [-0.15, -0.1) is 0 Å². The quantitative estimate of drug-likeness (QED) is 0.555. The van der Waals surface area contributed by atoms with E-state index < -0.39 is 49.3 Å². The lowest BCUT2D eigenvalue weighted by molar-refractivity contribution is -0.500. The van der Waals surface area contributed by atoms with Crippen molar-refractivity contribution in [1.29, 1.82) is 0 Å². The van der Waals surface area contributed by atoms with E-state index >= 15 is 0 Å². The Morgan fingerprint density at radius 1 is 0.478 bits per heavy atom. The molecule has 0 N–H and O–H groups in total. The van der Waals surface area contributed by atoms with Crippen LogP contribution in [0.1, 0.15) is 0 Å². The Morgan fingerprint density at radius 2 is 0.696 bits per heavy atom. The Bertz CT molecular complexity index is 377. The summed E-state index contributed by atoms with van der Waals surface area (Å²) in [6.45, 7) is -7.11. The lowest BCUT2D eigenvalue weighted by Gasteiger charge is -2.36. The smallest absolute Gasteiger partial charge is 0.245 e. The summed E-state index contributed by atoms with van der Waals surface area (Å²) in [5.41, 5.74) is 0. The van der Waals surface area contributed by atoms with E-state index in [4.69, 9.17) is 0 Å². The van der Waals surface area contributed by atoms with Gasteiger partial charge in [0.1, 0.15) is 0 Å². The van der Waals surface area contributed by atoms with Gasteiger partial charge in [-0.1, -0.05) is 0 Å². The first-order valence-corrected chi connectivity index (χ1v) is 4.92. The number of alkyl halides is 14. The van der Waals surface area contributed by atoms with Gasteiger partial charge in [0.15, 0.2) is 13.3 Å². The average Bonchev–Trinajstić information content (AvgIpc) is 2.36. The second kappa shape index (κ2) is 5.81. The monoisotopic (exact) mass is 382 g/mol. The molecule has 0 heterocycles. The van der Waals surface area contributed by atoms with Crippen LogP contribution in [-0.2, 0) is 4.74 Å². The minimum absolute atomic E-state index is 1.47. The zero-order valence-electron chi connectivity index (χ0n) is 10.1. The molecule has 0 aromatic heterocycles. The first-order chi connectivity index (χ1) is 9.83. The summed E-state index contributed by atoms with van der Waals surface area (Å²) in [5.74, 6) is -27.0. The second-order valence-corrected chi connectivity index (χ2v) is 3.96. The normalized spacial score (nSPS) is 15.9. The third-order valence-electron chi connectivity index (χ3n) is 2.24. The third-order valence-corrected chi connectivity index (χ3v) is 2.24. The van der Waals surface area contributed by atoms with Gasteiger partial charge in [0.05, 0.1) is 0 Å². The molecule has 0 unspecified atom stereocenters. The van der Waals surface area contributed by atoms with Gasteiger partial charge < -0.3 is 0 Å². The Kier molecular flexibility index (Phi) is 5.55. The van der Waals surface area contributed by atoms with E-state index in [1.807, 2.05) is 0 Å². The van der Waals surface area contributed by atoms with E-state index in [0.717, 1.165) is 0 Å². The molecule has 0 rings (SSSR count). The van der Waals surface area contributed by atoms with Crippen LogP contribution in [0.3, 0.4) is 0 Å². The summed E-state index contributed by atoms with van der Waals surface area (Å²) in [4.78, 5) is 0. The van der Waals surface area contributed by atoms with Gasteiger partial charge >= 0.3 is 35.9 Å². The van der Waals surface area contributed by atoms with Crippen molar-refractivity contribution in [3.63, 3.8) is 0 Å². The van der Waals surface area contributed by atoms with Crippen molar-refractivity contribution in [2.75, 3.05) is 13.3 Å². The third kappa shape index (κ3) is 3.42. The topological polar surface area (TPSA) is 9.23 Å². The van der Waals surface area contributed by atoms with Gasteiger partial charge in [0.2, 0.25) is 0 Å². The number of hydrogen-bond acceptors (Lipinski definition) is 1. The van der Waals surface area contributed by atoms with Gasteiger partial charge in [-0.2, -0.15) is 52.7 Å². The molecule has 0 aliphatic heterocycles. The van der Waals surface area contributed by atoms with Crippen LogP contribution < -0.4 is 0 Å². The van der Waals surface area contributed by atoms with Crippen LogP contribution in [0.5, 0.6) is 0 Å². The Hall–Kier alpha value is -1.02. The molecule has 0 amide bonds. The molecule has 0 radical (unpaired) electrons. The molecule has 0 saturated carbocycles. The van der Waals surface area contributed by atoms with Gasteiger partial charge in [-0.3, -0.25) is 0 Å². The zero-order valence-corrected chi connectivity index (χ0v) is 10.1. The Labute approximate surface area is 117 Å². The highest BCUT2D eigenvalue weighted by Gasteiger charge is 2.80. The molecular formula is C8H4F14O. The van der Waals surface area contributed by atoms with Gasteiger partial charge in [-0.05, 0) is 0 Å². The molecule has 0 aromatic carbocycles. The molecule has 0 bridgehead atoms. The zero-order chi connectivity index (χ0) is 19.1. The van der Waals surface area contributed by atoms with Crippen molar-refractivity contribution >= 4 is 0 Å². The molecule has 23 heavy (non-hydrogen) atoms. The predicted molar refractivity (Wildman–Crippen MR) is 42.7 cm³/mol. The molecule has 0 aliphatic rings. The standard InChI is InChI=1S/C8H4F14O/c9-1-3(11,12)5(15,16)7(19,20)23-8(21,22)6(17,18)4(13,14)2-10/h1-2H2. The minimum Gasteiger partial charge on any atom is -0.245 e. The van der Waals surface area contributed by atoms with E-state index in [9.17, 15) is 61.5 Å². The highest BCUT2D eigenvalue weighted by Crippen LogP contribution is 2.53. The molecule has 0 fully saturated rings. The Morgan fingerprint density at radius 3 is 0.870 bits per heavy atom. The van der Waals surface area contributed by atoms with Crippen LogP contribution in [0.15, 0.2) is 0 Å². The lowest BCUT2D eigenvalue weighted by atomic mass is 10.1. The highest BCUT2D eigenvalue weighted by atomic mass is 19.4. The van der Waals surface area contributed by atoms with Crippen molar-refractivity contribution in [3.05, 3.63) is 0 Å². The van der Waals surface area contributed by atoms with E-state index in [1.54, 1.807) is 0 Å². The molecule has 0 aliphatic carbocycles. The first kappa shape index (κ1) is 22.0. The number of ether oxygens (including phenoxy) is 1. The maximum absolute atomic E-state index is 12.6. The van der Waals surface area contributed by atoms with Crippen LogP contribution in [-0.4, -0.2) is 49.3 Å². The van der Waals surface area contributed by atoms with Crippen LogP contribution >= 0.6 is 0 Å². The van der Waals surface area contributed by atoms with Crippen molar-refractivity contribution in [2.45, 2.75) is 35.9 Å². The van der Waals surface area contributed by atoms with Gasteiger partial charge in [-0.25, -0.2) is 13.5 Å². The molecule has 140 valence electrons. The van der Waals surface area contributed by atoms with Crippen molar-refractivity contribution in [1.82, 2.24) is 0 Å². The maximum atomic E-state index is 12.6. The molecular weight excluding hydrogens is 378 g/mol. The van der Waals surface area contributed by atoms with Crippen LogP contribution in [0.2, 0.25) is 0 Å². The fourth-order valence-electron chi connectivity index (χ4n) is 0.883. The van der Waals surface area contributed by atoms with E-state index in [-0.39, 0.29) is 0 Å². The summed E-state index contributed by atoms with van der Waals surface area (Å²) < 4.78 is 175. The second-order valence-electron chi connectivity index (χ2n) is 3.96. The maximum Gasteiger partial charge on any atom is 0.430 e. The van der Waals surface area contributed by atoms with Crippen molar-refractivity contribution in [3.8, 4) is 0 Å². The van der Waals surface area contributed by atoms with Crippen LogP contribution in [0.25, 0.3) is 0 Å².